The van der Waals surface area contributed by atoms with Gasteiger partial charge in [-0.3, -0.25) is 9.59 Å². The minimum atomic E-state index is -0.494. The number of imide groups is 1. The molecule has 0 aliphatic rings. The van der Waals surface area contributed by atoms with Crippen LogP contribution in [0.5, 0.6) is 0 Å². The molecule has 2 aromatic rings. The molecule has 0 bridgehead atoms. The highest BCUT2D eigenvalue weighted by molar-refractivity contribution is 7.99. The summed E-state index contributed by atoms with van der Waals surface area (Å²) in [5.41, 5.74) is 2.06. The van der Waals surface area contributed by atoms with Crippen molar-refractivity contribution in [3.63, 3.8) is 0 Å². The van der Waals surface area contributed by atoms with Crippen LogP contribution < -0.4 is 5.84 Å². The zero-order valence-corrected chi connectivity index (χ0v) is 16.2. The van der Waals surface area contributed by atoms with Gasteiger partial charge >= 0.3 is 0 Å². The average Bonchev–Trinajstić information content (AvgIpc) is 2.68. The van der Waals surface area contributed by atoms with Gasteiger partial charge in [0, 0.05) is 10.5 Å². The molecule has 0 fully saturated rings. The van der Waals surface area contributed by atoms with E-state index in [1.54, 1.807) is 36.0 Å². The molecule has 5 heteroatoms. The predicted molar refractivity (Wildman–Crippen MR) is 107 cm³/mol. The van der Waals surface area contributed by atoms with E-state index < -0.39 is 11.8 Å². The van der Waals surface area contributed by atoms with Gasteiger partial charge in [-0.1, -0.05) is 51.0 Å². The van der Waals surface area contributed by atoms with E-state index in [9.17, 15) is 9.59 Å². The molecule has 0 spiro atoms. The molecular formula is C21H26N2O2S. The molecule has 2 rings (SSSR count). The molecule has 0 aliphatic heterocycles. The molecule has 0 saturated carbocycles. The van der Waals surface area contributed by atoms with Gasteiger partial charge in [-0.2, -0.15) is 0 Å². The average molecular weight is 371 g/mol. The summed E-state index contributed by atoms with van der Waals surface area (Å²) in [5, 5.41) is 0.709. The van der Waals surface area contributed by atoms with Crippen molar-refractivity contribution in [1.82, 2.24) is 5.01 Å². The summed E-state index contributed by atoms with van der Waals surface area (Å²) in [5.74, 6) is 5.71. The normalized spacial score (nSPS) is 10.6. The SMILES string of the molecule is CCCCCc1ccc(C(=O)N(N)C(=O)c2ccccc2SCC)cc1. The zero-order chi connectivity index (χ0) is 18.9. The van der Waals surface area contributed by atoms with Crippen LogP contribution in [0.4, 0.5) is 0 Å². The van der Waals surface area contributed by atoms with Gasteiger partial charge in [0.05, 0.1) is 5.56 Å². The second kappa shape index (κ2) is 10.1. The minimum Gasteiger partial charge on any atom is -0.267 e. The van der Waals surface area contributed by atoms with Crippen LogP contribution in [-0.2, 0) is 6.42 Å². The number of nitrogens with zero attached hydrogens (tertiary/aromatic N) is 1. The summed E-state index contributed by atoms with van der Waals surface area (Å²) in [7, 11) is 0. The maximum atomic E-state index is 12.7. The molecule has 0 saturated heterocycles. The molecule has 0 aliphatic carbocycles. The van der Waals surface area contributed by atoms with Gasteiger partial charge in [-0.25, -0.2) is 10.9 Å². The van der Waals surface area contributed by atoms with E-state index in [0.717, 1.165) is 23.5 Å². The number of hydrogen-bond donors (Lipinski definition) is 1. The third kappa shape index (κ3) is 5.19. The Balaban J connectivity index is 2.10. The fraction of sp³-hybridized carbons (Fsp3) is 0.333. The monoisotopic (exact) mass is 370 g/mol. The molecular weight excluding hydrogens is 344 g/mol. The maximum Gasteiger partial charge on any atom is 0.276 e. The van der Waals surface area contributed by atoms with Crippen molar-refractivity contribution in [2.75, 3.05) is 5.75 Å². The Morgan fingerprint density at radius 3 is 2.31 bits per heavy atom. The maximum absolute atomic E-state index is 12.7. The standard InChI is InChI=1S/C21H26N2O2S/c1-3-5-6-9-16-12-14-17(15-13-16)20(24)23(22)21(25)18-10-7-8-11-19(18)26-4-2/h7-8,10-15H,3-6,9,22H2,1-2H3. The van der Waals surface area contributed by atoms with Crippen molar-refractivity contribution in [3.05, 3.63) is 65.2 Å². The van der Waals surface area contributed by atoms with Crippen LogP contribution in [0, 0.1) is 0 Å². The van der Waals surface area contributed by atoms with E-state index in [0.29, 0.717) is 16.1 Å². The summed E-state index contributed by atoms with van der Waals surface area (Å²) in [6.45, 7) is 4.19. The minimum absolute atomic E-state index is 0.417. The Morgan fingerprint density at radius 1 is 0.962 bits per heavy atom. The number of rotatable bonds is 8. The third-order valence-electron chi connectivity index (χ3n) is 4.12. The first-order chi connectivity index (χ1) is 12.6. The number of hydrazine groups is 1. The summed E-state index contributed by atoms with van der Waals surface area (Å²) >= 11 is 1.55. The lowest BCUT2D eigenvalue weighted by atomic mass is 10.0. The highest BCUT2D eigenvalue weighted by Gasteiger charge is 2.23. The first kappa shape index (κ1) is 20.2. The fourth-order valence-corrected chi connectivity index (χ4v) is 3.48. The molecule has 0 radical (unpaired) electrons. The third-order valence-corrected chi connectivity index (χ3v) is 5.08. The Labute approximate surface area is 159 Å². The van der Waals surface area contributed by atoms with Crippen LogP contribution in [0.2, 0.25) is 0 Å². The number of hydrogen-bond acceptors (Lipinski definition) is 4. The molecule has 26 heavy (non-hydrogen) atoms. The first-order valence-electron chi connectivity index (χ1n) is 9.02. The van der Waals surface area contributed by atoms with Crippen molar-refractivity contribution in [2.24, 2.45) is 5.84 Å². The van der Waals surface area contributed by atoms with Crippen LogP contribution in [0.25, 0.3) is 0 Å². The van der Waals surface area contributed by atoms with E-state index in [4.69, 9.17) is 5.84 Å². The van der Waals surface area contributed by atoms with Gasteiger partial charge in [0.1, 0.15) is 0 Å². The summed E-state index contributed by atoms with van der Waals surface area (Å²) in [6, 6.07) is 14.6. The summed E-state index contributed by atoms with van der Waals surface area (Å²) < 4.78 is 0. The van der Waals surface area contributed by atoms with Crippen molar-refractivity contribution >= 4 is 23.6 Å². The number of unbranched alkanes of at least 4 members (excludes halogenated alkanes) is 2. The number of amides is 2. The topological polar surface area (TPSA) is 63.4 Å². The number of aryl methyl sites for hydroxylation is 1. The Morgan fingerprint density at radius 2 is 1.65 bits per heavy atom. The number of carbonyl (C=O) groups is 2. The van der Waals surface area contributed by atoms with Gasteiger partial charge in [0.25, 0.3) is 11.8 Å². The zero-order valence-electron chi connectivity index (χ0n) is 15.4. The smallest absolute Gasteiger partial charge is 0.267 e. The molecule has 2 aromatic carbocycles. The summed E-state index contributed by atoms with van der Waals surface area (Å²) in [4.78, 5) is 26.1. The van der Waals surface area contributed by atoms with Crippen LogP contribution >= 0.6 is 11.8 Å². The molecule has 0 atom stereocenters. The number of thioether (sulfide) groups is 1. The van der Waals surface area contributed by atoms with E-state index in [1.165, 1.54) is 18.4 Å². The molecule has 0 aromatic heterocycles. The Hall–Kier alpha value is -2.11. The lowest BCUT2D eigenvalue weighted by Gasteiger charge is -2.17. The Kier molecular flexibility index (Phi) is 7.88. The number of nitrogens with two attached hydrogens (primary N) is 1. The van der Waals surface area contributed by atoms with Crippen LogP contribution in [0.3, 0.4) is 0 Å². The molecule has 2 N–H and O–H groups in total. The van der Waals surface area contributed by atoms with Crippen molar-refractivity contribution in [1.29, 1.82) is 0 Å². The van der Waals surface area contributed by atoms with Crippen molar-refractivity contribution in [3.8, 4) is 0 Å². The van der Waals surface area contributed by atoms with Crippen LogP contribution in [0.1, 0.15) is 59.4 Å². The molecule has 4 nitrogen and oxygen atoms in total. The molecule has 0 unspecified atom stereocenters. The predicted octanol–water partition coefficient (Wildman–Crippen LogP) is 4.69. The van der Waals surface area contributed by atoms with Gasteiger partial charge < -0.3 is 0 Å². The number of benzene rings is 2. The molecule has 2 amide bonds. The van der Waals surface area contributed by atoms with Crippen LogP contribution in [-0.4, -0.2) is 22.6 Å². The second-order valence-corrected chi connectivity index (χ2v) is 7.37. The van der Waals surface area contributed by atoms with Crippen molar-refractivity contribution in [2.45, 2.75) is 44.4 Å². The second-order valence-electron chi connectivity index (χ2n) is 6.06. The van der Waals surface area contributed by atoms with Gasteiger partial charge in [0.15, 0.2) is 0 Å². The largest absolute Gasteiger partial charge is 0.276 e. The molecule has 0 heterocycles. The summed E-state index contributed by atoms with van der Waals surface area (Å²) in [6.07, 6.45) is 4.51. The van der Waals surface area contributed by atoms with E-state index in [1.807, 2.05) is 31.2 Å². The van der Waals surface area contributed by atoms with E-state index in [2.05, 4.69) is 6.92 Å². The quantitative estimate of drug-likeness (QED) is 0.183. The van der Waals surface area contributed by atoms with Crippen molar-refractivity contribution < 1.29 is 9.59 Å². The van der Waals surface area contributed by atoms with Crippen LogP contribution in [0.15, 0.2) is 53.4 Å². The number of carbonyl (C=O) groups excluding carboxylic acids is 2. The van der Waals surface area contributed by atoms with Gasteiger partial charge in [-0.15, -0.1) is 11.8 Å². The lowest BCUT2D eigenvalue weighted by molar-refractivity contribution is 0.0613. The Bertz CT molecular complexity index is 744. The lowest BCUT2D eigenvalue weighted by Crippen LogP contribution is -2.42. The van der Waals surface area contributed by atoms with E-state index >= 15 is 0 Å². The first-order valence-corrected chi connectivity index (χ1v) is 10.0. The van der Waals surface area contributed by atoms with Gasteiger partial charge in [0.2, 0.25) is 0 Å². The highest BCUT2D eigenvalue weighted by atomic mass is 32.2. The van der Waals surface area contributed by atoms with Gasteiger partial charge in [-0.05, 0) is 48.4 Å². The molecule has 138 valence electrons. The fourth-order valence-electron chi connectivity index (χ4n) is 2.68. The highest BCUT2D eigenvalue weighted by Crippen LogP contribution is 2.23. The van der Waals surface area contributed by atoms with E-state index in [-0.39, 0.29) is 0 Å².